The minimum Gasteiger partial charge on any atom is -0.478 e. The highest BCUT2D eigenvalue weighted by atomic mass is 16.4. The van der Waals surface area contributed by atoms with Crippen molar-refractivity contribution >= 4 is 11.9 Å². The van der Waals surface area contributed by atoms with Crippen LogP contribution in [-0.4, -0.2) is 59.0 Å². The highest BCUT2D eigenvalue weighted by molar-refractivity contribution is 5.93. The summed E-state index contributed by atoms with van der Waals surface area (Å²) in [4.78, 5) is 26.1. The molecule has 0 aliphatic carbocycles. The molecule has 0 atom stereocenters. The van der Waals surface area contributed by atoms with Gasteiger partial charge in [-0.1, -0.05) is 0 Å². The van der Waals surface area contributed by atoms with Crippen molar-refractivity contribution in [3.63, 3.8) is 0 Å². The van der Waals surface area contributed by atoms with Gasteiger partial charge in [-0.25, -0.2) is 4.79 Å². The molecule has 2 rings (SSSR count). The maximum Gasteiger partial charge on any atom is 0.328 e. The van der Waals surface area contributed by atoms with Crippen LogP contribution in [0.3, 0.4) is 0 Å². The lowest BCUT2D eigenvalue weighted by Gasteiger charge is -2.42. The molecule has 0 bridgehead atoms. The fourth-order valence-corrected chi connectivity index (χ4v) is 2.41. The summed E-state index contributed by atoms with van der Waals surface area (Å²) in [6, 6.07) is 0.622. The van der Waals surface area contributed by atoms with Crippen LogP contribution in [0.4, 0.5) is 0 Å². The molecule has 2 aliphatic rings. The molecule has 0 aromatic carbocycles. The zero-order valence-corrected chi connectivity index (χ0v) is 9.84. The van der Waals surface area contributed by atoms with Crippen molar-refractivity contribution in [1.29, 1.82) is 0 Å². The first-order chi connectivity index (χ1) is 8.16. The molecule has 5 nitrogen and oxygen atoms in total. The van der Waals surface area contributed by atoms with Crippen molar-refractivity contribution in [2.75, 3.05) is 26.2 Å². The topological polar surface area (TPSA) is 60.9 Å². The smallest absolute Gasteiger partial charge is 0.328 e. The van der Waals surface area contributed by atoms with Crippen molar-refractivity contribution < 1.29 is 14.7 Å². The van der Waals surface area contributed by atoms with Crippen LogP contribution in [0.2, 0.25) is 0 Å². The van der Waals surface area contributed by atoms with Gasteiger partial charge in [-0.05, 0) is 32.4 Å². The van der Waals surface area contributed by atoms with E-state index in [9.17, 15) is 9.59 Å². The monoisotopic (exact) mass is 238 g/mol. The fraction of sp³-hybridized carbons (Fsp3) is 0.667. The number of carboxylic acids is 1. The minimum absolute atomic E-state index is 0.186. The third kappa shape index (κ3) is 3.06. The number of carbonyl (C=O) groups is 2. The Morgan fingerprint density at radius 1 is 1.06 bits per heavy atom. The van der Waals surface area contributed by atoms with Gasteiger partial charge in [-0.15, -0.1) is 0 Å². The quantitative estimate of drug-likeness (QED) is 0.719. The molecule has 0 aromatic rings. The van der Waals surface area contributed by atoms with Crippen LogP contribution < -0.4 is 0 Å². The van der Waals surface area contributed by atoms with E-state index in [-0.39, 0.29) is 5.91 Å². The number of carboxylic acid groups (broad SMARTS) is 1. The molecule has 1 amide bonds. The van der Waals surface area contributed by atoms with E-state index in [1.54, 1.807) is 4.90 Å². The Labute approximate surface area is 101 Å². The molecule has 0 radical (unpaired) electrons. The van der Waals surface area contributed by atoms with E-state index in [1.165, 1.54) is 19.5 Å². The molecule has 2 heterocycles. The van der Waals surface area contributed by atoms with Crippen molar-refractivity contribution in [3.05, 3.63) is 12.2 Å². The van der Waals surface area contributed by atoms with Gasteiger partial charge in [0.05, 0.1) is 0 Å². The van der Waals surface area contributed by atoms with Crippen molar-refractivity contribution in [2.24, 2.45) is 0 Å². The van der Waals surface area contributed by atoms with Gasteiger partial charge in [0.1, 0.15) is 0 Å². The van der Waals surface area contributed by atoms with Crippen molar-refractivity contribution in [3.8, 4) is 0 Å². The van der Waals surface area contributed by atoms with E-state index in [0.717, 1.165) is 38.1 Å². The average Bonchev–Trinajstić information content (AvgIpc) is 2.24. The van der Waals surface area contributed by atoms with Gasteiger partial charge in [-0.3, -0.25) is 4.79 Å². The first kappa shape index (κ1) is 12.1. The summed E-state index contributed by atoms with van der Waals surface area (Å²) in [6.07, 6.45) is 5.36. The van der Waals surface area contributed by atoms with E-state index in [0.29, 0.717) is 6.04 Å². The zero-order valence-electron chi connectivity index (χ0n) is 9.84. The Morgan fingerprint density at radius 3 is 2.18 bits per heavy atom. The van der Waals surface area contributed by atoms with Crippen LogP contribution in [0, 0.1) is 0 Å². The second-order valence-electron chi connectivity index (χ2n) is 4.62. The second kappa shape index (κ2) is 5.31. The number of nitrogens with zero attached hydrogens (tertiary/aromatic N) is 2. The number of rotatable bonds is 3. The van der Waals surface area contributed by atoms with E-state index in [1.807, 2.05) is 0 Å². The van der Waals surface area contributed by atoms with Crippen molar-refractivity contribution in [2.45, 2.75) is 25.3 Å². The molecule has 2 fully saturated rings. The third-order valence-corrected chi connectivity index (χ3v) is 3.55. The molecular formula is C12H18N2O3. The van der Waals surface area contributed by atoms with E-state index >= 15 is 0 Å². The predicted octanol–water partition coefficient (Wildman–Crippen LogP) is 0.324. The number of amides is 1. The minimum atomic E-state index is -1.08. The second-order valence-corrected chi connectivity index (χ2v) is 4.62. The van der Waals surface area contributed by atoms with Crippen LogP contribution in [0.5, 0.6) is 0 Å². The number of carbonyl (C=O) groups excluding carboxylic acids is 1. The van der Waals surface area contributed by atoms with Gasteiger partial charge in [0.25, 0.3) is 0 Å². The molecule has 2 saturated heterocycles. The van der Waals surface area contributed by atoms with Gasteiger partial charge in [0.2, 0.25) is 5.91 Å². The van der Waals surface area contributed by atoms with Gasteiger partial charge >= 0.3 is 5.97 Å². The van der Waals surface area contributed by atoms with Crippen LogP contribution in [0.1, 0.15) is 19.3 Å². The van der Waals surface area contributed by atoms with Crippen LogP contribution in [0.25, 0.3) is 0 Å². The first-order valence-electron chi connectivity index (χ1n) is 6.11. The largest absolute Gasteiger partial charge is 0.478 e. The summed E-state index contributed by atoms with van der Waals surface area (Å²) in [6.45, 7) is 3.86. The van der Waals surface area contributed by atoms with E-state index in [4.69, 9.17) is 5.11 Å². The molecule has 0 spiro atoms. The Bertz CT molecular complexity index is 329. The Kier molecular flexibility index (Phi) is 3.78. The molecule has 2 aliphatic heterocycles. The lowest BCUT2D eigenvalue weighted by atomic mass is 10.00. The third-order valence-electron chi connectivity index (χ3n) is 3.55. The Balaban J connectivity index is 1.77. The van der Waals surface area contributed by atoms with E-state index < -0.39 is 5.97 Å². The molecular weight excluding hydrogens is 220 g/mol. The average molecular weight is 238 g/mol. The fourth-order valence-electron chi connectivity index (χ4n) is 2.41. The van der Waals surface area contributed by atoms with Gasteiger partial charge in [-0.2, -0.15) is 0 Å². The van der Waals surface area contributed by atoms with Gasteiger partial charge in [0, 0.05) is 31.3 Å². The molecule has 17 heavy (non-hydrogen) atoms. The molecule has 0 aromatic heterocycles. The molecule has 5 heteroatoms. The lowest BCUT2D eigenvalue weighted by molar-refractivity contribution is -0.132. The normalized spacial score (nSPS) is 22.7. The molecule has 0 saturated carbocycles. The Morgan fingerprint density at radius 2 is 1.71 bits per heavy atom. The summed E-state index contributed by atoms with van der Waals surface area (Å²) >= 11 is 0. The standard InChI is InChI=1S/C12H18N2O3/c15-11(2-3-12(16)17)14-8-4-10(5-9-14)13-6-1-7-13/h2-3,10H,1,4-9H2,(H,16,17). The maximum atomic E-state index is 11.6. The summed E-state index contributed by atoms with van der Waals surface area (Å²) in [5.74, 6) is -1.26. The Hall–Kier alpha value is -1.36. The molecule has 1 N–H and O–H groups in total. The van der Waals surface area contributed by atoms with Crippen LogP contribution in [-0.2, 0) is 9.59 Å². The number of piperidine rings is 1. The zero-order chi connectivity index (χ0) is 12.3. The van der Waals surface area contributed by atoms with Gasteiger partial charge in [0.15, 0.2) is 0 Å². The maximum absolute atomic E-state index is 11.6. The van der Waals surface area contributed by atoms with Crippen molar-refractivity contribution in [1.82, 2.24) is 9.80 Å². The molecule has 0 unspecified atom stereocenters. The summed E-state index contributed by atoms with van der Waals surface area (Å²) in [5.41, 5.74) is 0. The number of hydrogen-bond acceptors (Lipinski definition) is 3. The SMILES string of the molecule is O=C(O)C=CC(=O)N1CCC(N2CCC2)CC1. The highest BCUT2D eigenvalue weighted by Gasteiger charge is 2.28. The summed E-state index contributed by atoms with van der Waals surface area (Å²) in [5, 5.41) is 8.45. The lowest BCUT2D eigenvalue weighted by Crippen LogP contribution is -2.51. The predicted molar refractivity (Wildman–Crippen MR) is 62.6 cm³/mol. The number of likely N-dealkylation sites (tertiary alicyclic amines) is 2. The van der Waals surface area contributed by atoms with Crippen LogP contribution >= 0.6 is 0 Å². The van der Waals surface area contributed by atoms with Crippen LogP contribution in [0.15, 0.2) is 12.2 Å². The highest BCUT2D eigenvalue weighted by Crippen LogP contribution is 2.21. The van der Waals surface area contributed by atoms with E-state index in [2.05, 4.69) is 4.90 Å². The summed E-state index contributed by atoms with van der Waals surface area (Å²) < 4.78 is 0. The van der Waals surface area contributed by atoms with Gasteiger partial charge < -0.3 is 14.9 Å². The number of hydrogen-bond donors (Lipinski definition) is 1. The molecule has 94 valence electrons. The number of aliphatic carboxylic acids is 1. The summed E-state index contributed by atoms with van der Waals surface area (Å²) in [7, 11) is 0. The first-order valence-corrected chi connectivity index (χ1v) is 6.11.